The van der Waals surface area contributed by atoms with Gasteiger partial charge < -0.3 is 35.1 Å². The summed E-state index contributed by atoms with van der Waals surface area (Å²) in [5.74, 6) is -0.151. The van der Waals surface area contributed by atoms with Gasteiger partial charge in [0.1, 0.15) is 11.4 Å². The van der Waals surface area contributed by atoms with Gasteiger partial charge in [0.15, 0.2) is 11.5 Å². The first-order valence-corrected chi connectivity index (χ1v) is 10.0. The number of methoxy groups -OCH3 is 4. The Morgan fingerprint density at radius 2 is 1.65 bits per heavy atom. The number of nitrogens with two attached hydrogens (primary N) is 1. The number of carbonyl (C=O) groups excluding carboxylic acids is 1. The maximum Gasteiger partial charge on any atom is 0.305 e. The summed E-state index contributed by atoms with van der Waals surface area (Å²) in [6, 6.07) is 7.28. The second-order valence-electron chi connectivity index (χ2n) is 7.06. The van der Waals surface area contributed by atoms with Gasteiger partial charge in [0.05, 0.1) is 52.3 Å². The Morgan fingerprint density at radius 3 is 2.21 bits per heavy atom. The topological polar surface area (TPSA) is 171 Å². The number of benzene rings is 2. The van der Waals surface area contributed by atoms with Crippen LogP contribution in [0.1, 0.15) is 6.42 Å². The van der Waals surface area contributed by atoms with Gasteiger partial charge in [-0.3, -0.25) is 14.7 Å². The number of nitrogens with one attached hydrogen (secondary N) is 2. The molecule has 1 heterocycles. The fourth-order valence-corrected chi connectivity index (χ4v) is 3.32. The van der Waals surface area contributed by atoms with E-state index >= 15 is 0 Å². The molecule has 1 amide bonds. The maximum absolute atomic E-state index is 12.4. The Balaban J connectivity index is 2.02. The predicted molar refractivity (Wildman–Crippen MR) is 122 cm³/mol. The van der Waals surface area contributed by atoms with E-state index in [0.717, 1.165) is 0 Å². The van der Waals surface area contributed by atoms with Crippen molar-refractivity contribution in [2.45, 2.75) is 12.5 Å². The van der Waals surface area contributed by atoms with Gasteiger partial charge in [-0.1, -0.05) is 5.21 Å². The van der Waals surface area contributed by atoms with Crippen molar-refractivity contribution in [3.05, 3.63) is 30.3 Å². The minimum atomic E-state index is -1.23. The molecule has 12 heteroatoms. The minimum absolute atomic E-state index is 0.302. The fraction of sp³-hybridized carbons (Fsp3) is 0.273. The van der Waals surface area contributed by atoms with Crippen LogP contribution in [0.2, 0.25) is 0 Å². The Labute approximate surface area is 195 Å². The summed E-state index contributed by atoms with van der Waals surface area (Å²) in [6.07, 6.45) is -0.510. The molecule has 0 saturated heterocycles. The van der Waals surface area contributed by atoms with Crippen LogP contribution >= 0.6 is 0 Å². The molecule has 12 nitrogen and oxygen atoms in total. The molecule has 0 spiro atoms. The lowest BCUT2D eigenvalue weighted by Gasteiger charge is -2.15. The quantitative estimate of drug-likeness (QED) is 0.342. The Morgan fingerprint density at radius 1 is 1.00 bits per heavy atom. The van der Waals surface area contributed by atoms with Crippen LogP contribution in [0.25, 0.3) is 22.5 Å². The van der Waals surface area contributed by atoms with Crippen molar-refractivity contribution in [2.24, 2.45) is 5.73 Å². The van der Waals surface area contributed by atoms with Gasteiger partial charge in [0.2, 0.25) is 11.7 Å². The van der Waals surface area contributed by atoms with Crippen molar-refractivity contribution < 1.29 is 33.6 Å². The second-order valence-corrected chi connectivity index (χ2v) is 7.06. The van der Waals surface area contributed by atoms with Crippen LogP contribution in [0.15, 0.2) is 30.3 Å². The van der Waals surface area contributed by atoms with E-state index < -0.39 is 24.3 Å². The number of carboxylic acids is 1. The lowest BCUT2D eigenvalue weighted by molar-refractivity contribution is -0.138. The van der Waals surface area contributed by atoms with Crippen LogP contribution in [0.3, 0.4) is 0 Å². The van der Waals surface area contributed by atoms with Crippen molar-refractivity contribution >= 4 is 17.6 Å². The highest BCUT2D eigenvalue weighted by Crippen LogP contribution is 2.42. The molecule has 0 bridgehead atoms. The third-order valence-electron chi connectivity index (χ3n) is 4.96. The molecule has 3 aromatic rings. The zero-order chi connectivity index (χ0) is 24.8. The molecule has 0 aliphatic rings. The highest BCUT2D eigenvalue weighted by Gasteiger charge is 2.21. The number of carbonyl (C=O) groups is 2. The molecule has 0 saturated carbocycles. The normalized spacial score (nSPS) is 11.4. The van der Waals surface area contributed by atoms with E-state index in [9.17, 15) is 9.59 Å². The molecule has 0 aliphatic carbocycles. The lowest BCUT2D eigenvalue weighted by atomic mass is 10.0. The van der Waals surface area contributed by atoms with Gasteiger partial charge in [-0.2, -0.15) is 0 Å². The van der Waals surface area contributed by atoms with Crippen molar-refractivity contribution in [3.8, 4) is 45.5 Å². The van der Waals surface area contributed by atoms with Crippen LogP contribution in [-0.4, -0.2) is 66.9 Å². The van der Waals surface area contributed by atoms with E-state index in [1.807, 2.05) is 0 Å². The van der Waals surface area contributed by atoms with Gasteiger partial charge in [-0.15, -0.1) is 5.10 Å². The van der Waals surface area contributed by atoms with Crippen LogP contribution in [0, 0.1) is 0 Å². The predicted octanol–water partition coefficient (Wildman–Crippen LogP) is 1.91. The minimum Gasteiger partial charge on any atom is -0.495 e. The van der Waals surface area contributed by atoms with Crippen molar-refractivity contribution in [3.63, 3.8) is 0 Å². The van der Waals surface area contributed by atoms with Crippen LogP contribution in [0.4, 0.5) is 5.69 Å². The summed E-state index contributed by atoms with van der Waals surface area (Å²) >= 11 is 0. The average Bonchev–Trinajstić information content (AvgIpc) is 3.32. The monoisotopic (exact) mass is 471 g/mol. The number of hydrogen-bond donors (Lipinski definition) is 4. The summed E-state index contributed by atoms with van der Waals surface area (Å²) in [6.45, 7) is 0. The van der Waals surface area contributed by atoms with Crippen LogP contribution in [-0.2, 0) is 9.59 Å². The fourth-order valence-electron chi connectivity index (χ4n) is 3.32. The number of anilines is 1. The van der Waals surface area contributed by atoms with E-state index in [0.29, 0.717) is 51.2 Å². The molecule has 34 heavy (non-hydrogen) atoms. The number of carboxylic acid groups (broad SMARTS) is 1. The average molecular weight is 471 g/mol. The zero-order valence-corrected chi connectivity index (χ0v) is 19.0. The van der Waals surface area contributed by atoms with E-state index in [4.69, 9.17) is 29.8 Å². The zero-order valence-electron chi connectivity index (χ0n) is 19.0. The van der Waals surface area contributed by atoms with E-state index in [2.05, 4.69) is 20.7 Å². The Bertz CT molecular complexity index is 1170. The molecule has 1 unspecified atom stereocenters. The Hall–Kier alpha value is -4.32. The molecule has 0 fully saturated rings. The van der Waals surface area contributed by atoms with Gasteiger partial charge in [-0.25, -0.2) is 0 Å². The highest BCUT2D eigenvalue weighted by atomic mass is 16.5. The smallest absolute Gasteiger partial charge is 0.305 e. The van der Waals surface area contributed by atoms with Gasteiger partial charge in [-0.05, 0) is 30.3 Å². The highest BCUT2D eigenvalue weighted by molar-refractivity contribution is 5.98. The Kier molecular flexibility index (Phi) is 7.53. The number of H-pyrrole nitrogens is 1. The molecule has 3 rings (SSSR count). The third-order valence-corrected chi connectivity index (χ3v) is 4.96. The number of ether oxygens (including phenoxy) is 4. The summed E-state index contributed by atoms with van der Waals surface area (Å²) < 4.78 is 21.5. The number of aromatic amines is 1. The van der Waals surface area contributed by atoms with Crippen molar-refractivity contribution in [2.75, 3.05) is 33.8 Å². The molecule has 5 N–H and O–H groups in total. The molecular weight excluding hydrogens is 446 g/mol. The van der Waals surface area contributed by atoms with Crippen LogP contribution < -0.4 is 30.0 Å². The van der Waals surface area contributed by atoms with E-state index in [1.54, 1.807) is 30.3 Å². The van der Waals surface area contributed by atoms with Gasteiger partial charge in [0.25, 0.3) is 0 Å². The number of rotatable bonds is 10. The van der Waals surface area contributed by atoms with Crippen molar-refractivity contribution in [1.29, 1.82) is 0 Å². The third kappa shape index (κ3) is 5.02. The first-order chi connectivity index (χ1) is 16.3. The molecule has 0 aliphatic heterocycles. The maximum atomic E-state index is 12.4. The van der Waals surface area contributed by atoms with Gasteiger partial charge in [0, 0.05) is 11.1 Å². The summed E-state index contributed by atoms with van der Waals surface area (Å²) in [4.78, 5) is 23.3. The standard InChI is InChI=1S/C22H25N5O7/c1-31-15-6-5-11(7-14(15)24-22(30)13(23)10-18(28)29)19-20(26-27-25-19)12-8-16(32-2)21(34-4)17(9-12)33-3/h5-9,13H,10,23H2,1-4H3,(H,24,30)(H,28,29)(H,25,26,27). The number of aliphatic carboxylic acids is 1. The molecular formula is C22H25N5O7. The largest absolute Gasteiger partial charge is 0.495 e. The summed E-state index contributed by atoms with van der Waals surface area (Å²) in [5, 5.41) is 22.5. The van der Waals surface area contributed by atoms with E-state index in [1.165, 1.54) is 28.4 Å². The summed E-state index contributed by atoms with van der Waals surface area (Å²) in [5.41, 5.74) is 8.27. The number of amides is 1. The lowest BCUT2D eigenvalue weighted by Crippen LogP contribution is -2.37. The van der Waals surface area contributed by atoms with Crippen LogP contribution in [0.5, 0.6) is 23.0 Å². The molecule has 1 aromatic heterocycles. The first kappa shape index (κ1) is 24.3. The molecule has 2 aromatic carbocycles. The number of hydrogen-bond acceptors (Lipinski definition) is 9. The molecule has 0 radical (unpaired) electrons. The molecule has 1 atom stereocenters. The van der Waals surface area contributed by atoms with E-state index in [-0.39, 0.29) is 0 Å². The SMILES string of the molecule is COc1ccc(-c2[nH]nnc2-c2cc(OC)c(OC)c(OC)c2)cc1NC(=O)C(N)CC(=O)O. The van der Waals surface area contributed by atoms with Crippen molar-refractivity contribution in [1.82, 2.24) is 15.4 Å². The second kappa shape index (κ2) is 10.5. The molecule has 180 valence electrons. The number of aromatic nitrogens is 3. The summed E-state index contributed by atoms with van der Waals surface area (Å²) in [7, 11) is 5.98. The first-order valence-electron chi connectivity index (χ1n) is 10.0. The van der Waals surface area contributed by atoms with Gasteiger partial charge >= 0.3 is 5.97 Å². The number of nitrogens with zero attached hydrogens (tertiary/aromatic N) is 2.